The summed E-state index contributed by atoms with van der Waals surface area (Å²) >= 11 is 0. The van der Waals surface area contributed by atoms with E-state index in [1.807, 2.05) is 6.07 Å². The highest BCUT2D eigenvalue weighted by Gasteiger charge is 2.15. The lowest BCUT2D eigenvalue weighted by Gasteiger charge is -2.16. The van der Waals surface area contributed by atoms with Gasteiger partial charge in [-0.3, -0.25) is 0 Å². The molecule has 27 heavy (non-hydrogen) atoms. The lowest BCUT2D eigenvalue weighted by Crippen LogP contribution is -2.00. The molecule has 1 aromatic heterocycles. The third kappa shape index (κ3) is 3.46. The molecule has 0 bridgehead atoms. The van der Waals surface area contributed by atoms with Crippen molar-refractivity contribution in [1.29, 1.82) is 0 Å². The van der Waals surface area contributed by atoms with Crippen LogP contribution in [0.2, 0.25) is 0 Å². The minimum atomic E-state index is 0.518. The number of ether oxygens (including phenoxy) is 5. The molecular weight excluding hydrogens is 350 g/mol. The first-order valence-corrected chi connectivity index (χ1v) is 8.08. The smallest absolute Gasteiger partial charge is 0.203 e. The minimum Gasteiger partial charge on any atom is -0.493 e. The predicted molar refractivity (Wildman–Crippen MR) is 102 cm³/mol. The molecule has 0 aliphatic heterocycles. The van der Waals surface area contributed by atoms with E-state index < -0.39 is 0 Å². The number of aromatic nitrogens is 2. The van der Waals surface area contributed by atoms with Crippen LogP contribution in [-0.4, -0.2) is 45.5 Å². The summed E-state index contributed by atoms with van der Waals surface area (Å²) in [5.41, 5.74) is 1.44. The summed E-state index contributed by atoms with van der Waals surface area (Å²) in [7, 11) is 7.86. The maximum Gasteiger partial charge on any atom is 0.203 e. The average Bonchev–Trinajstić information content (AvgIpc) is 2.72. The van der Waals surface area contributed by atoms with Crippen LogP contribution in [0.3, 0.4) is 0 Å². The van der Waals surface area contributed by atoms with E-state index in [1.165, 1.54) is 6.33 Å². The molecule has 0 aliphatic rings. The first kappa shape index (κ1) is 18.4. The van der Waals surface area contributed by atoms with Crippen LogP contribution in [0.4, 0.5) is 11.5 Å². The van der Waals surface area contributed by atoms with Crippen molar-refractivity contribution in [2.24, 2.45) is 0 Å². The number of methoxy groups -OCH3 is 5. The van der Waals surface area contributed by atoms with Crippen molar-refractivity contribution in [1.82, 2.24) is 9.97 Å². The number of rotatable bonds is 7. The largest absolute Gasteiger partial charge is 0.493 e. The molecule has 0 atom stereocenters. The quantitative estimate of drug-likeness (QED) is 0.676. The van der Waals surface area contributed by atoms with Crippen LogP contribution in [0.5, 0.6) is 28.7 Å². The molecule has 3 rings (SSSR count). The molecule has 0 unspecified atom stereocenters. The summed E-state index contributed by atoms with van der Waals surface area (Å²) in [6.07, 6.45) is 1.48. The van der Waals surface area contributed by atoms with Crippen molar-refractivity contribution in [3.05, 3.63) is 30.6 Å². The van der Waals surface area contributed by atoms with Crippen molar-refractivity contribution in [3.8, 4) is 28.7 Å². The molecular formula is C19H21N3O5. The van der Waals surface area contributed by atoms with Crippen molar-refractivity contribution >= 4 is 22.4 Å². The lowest BCUT2D eigenvalue weighted by atomic mass is 10.2. The van der Waals surface area contributed by atoms with E-state index in [0.29, 0.717) is 34.6 Å². The van der Waals surface area contributed by atoms with Gasteiger partial charge in [0, 0.05) is 29.3 Å². The van der Waals surface area contributed by atoms with Crippen LogP contribution in [0, 0.1) is 0 Å². The summed E-state index contributed by atoms with van der Waals surface area (Å²) in [4.78, 5) is 8.66. The normalized spacial score (nSPS) is 10.4. The number of nitrogens with zero attached hydrogens (tertiary/aromatic N) is 2. The predicted octanol–water partition coefficient (Wildman–Crippen LogP) is 3.42. The van der Waals surface area contributed by atoms with E-state index in [-0.39, 0.29) is 0 Å². The fourth-order valence-electron chi connectivity index (χ4n) is 2.77. The van der Waals surface area contributed by atoms with Crippen LogP contribution in [0.1, 0.15) is 0 Å². The Morgan fingerprint density at radius 1 is 0.667 bits per heavy atom. The Hall–Kier alpha value is -3.42. The van der Waals surface area contributed by atoms with Crippen LogP contribution >= 0.6 is 0 Å². The first-order chi connectivity index (χ1) is 13.1. The molecule has 8 nitrogen and oxygen atoms in total. The molecule has 0 amide bonds. The van der Waals surface area contributed by atoms with Gasteiger partial charge < -0.3 is 29.0 Å². The fraction of sp³-hybridized carbons (Fsp3) is 0.263. The zero-order chi connectivity index (χ0) is 19.4. The maximum absolute atomic E-state index is 5.40. The van der Waals surface area contributed by atoms with E-state index in [2.05, 4.69) is 15.3 Å². The highest BCUT2D eigenvalue weighted by Crippen LogP contribution is 2.41. The molecule has 0 saturated heterocycles. The number of fused-ring (bicyclic) bond motifs is 1. The SMILES string of the molecule is COc1cc2ncnc(Nc3cc(OC)c(OC)c(OC)c3)c2cc1OC. The summed E-state index contributed by atoms with van der Waals surface area (Å²) in [6, 6.07) is 7.23. The summed E-state index contributed by atoms with van der Waals surface area (Å²) in [5.74, 6) is 3.39. The van der Waals surface area contributed by atoms with E-state index >= 15 is 0 Å². The van der Waals surface area contributed by atoms with Crippen molar-refractivity contribution in [3.63, 3.8) is 0 Å². The van der Waals surface area contributed by atoms with Crippen LogP contribution in [0.25, 0.3) is 10.9 Å². The second-order valence-corrected chi connectivity index (χ2v) is 5.49. The topological polar surface area (TPSA) is 84.0 Å². The third-order valence-corrected chi connectivity index (χ3v) is 4.07. The Morgan fingerprint density at radius 3 is 1.81 bits per heavy atom. The van der Waals surface area contributed by atoms with E-state index in [4.69, 9.17) is 23.7 Å². The summed E-state index contributed by atoms with van der Waals surface area (Å²) < 4.78 is 26.9. The van der Waals surface area contributed by atoms with E-state index in [0.717, 1.165) is 16.6 Å². The minimum absolute atomic E-state index is 0.518. The van der Waals surface area contributed by atoms with Gasteiger partial charge in [-0.1, -0.05) is 0 Å². The third-order valence-electron chi connectivity index (χ3n) is 4.07. The molecule has 0 fully saturated rings. The molecule has 8 heteroatoms. The monoisotopic (exact) mass is 371 g/mol. The Labute approximate surface area is 157 Å². The number of anilines is 2. The van der Waals surface area contributed by atoms with Crippen molar-refractivity contribution in [2.45, 2.75) is 0 Å². The Kier molecular flexibility index (Phi) is 5.35. The number of hydrogen-bond donors (Lipinski definition) is 1. The van der Waals surface area contributed by atoms with Gasteiger partial charge in [0.25, 0.3) is 0 Å². The molecule has 1 heterocycles. The van der Waals surface area contributed by atoms with Crippen LogP contribution < -0.4 is 29.0 Å². The summed E-state index contributed by atoms with van der Waals surface area (Å²) in [6.45, 7) is 0. The molecule has 0 aliphatic carbocycles. The Morgan fingerprint density at radius 2 is 1.26 bits per heavy atom. The molecule has 142 valence electrons. The van der Waals surface area contributed by atoms with E-state index in [9.17, 15) is 0 Å². The van der Waals surface area contributed by atoms with Crippen molar-refractivity contribution < 1.29 is 23.7 Å². The van der Waals surface area contributed by atoms with Gasteiger partial charge in [-0.2, -0.15) is 0 Å². The maximum atomic E-state index is 5.40. The first-order valence-electron chi connectivity index (χ1n) is 8.08. The van der Waals surface area contributed by atoms with Gasteiger partial charge >= 0.3 is 0 Å². The second kappa shape index (κ2) is 7.86. The molecule has 1 N–H and O–H groups in total. The van der Waals surface area contributed by atoms with Crippen LogP contribution in [0.15, 0.2) is 30.6 Å². The highest BCUT2D eigenvalue weighted by atomic mass is 16.5. The van der Waals surface area contributed by atoms with Crippen molar-refractivity contribution in [2.75, 3.05) is 40.9 Å². The fourth-order valence-corrected chi connectivity index (χ4v) is 2.77. The van der Waals surface area contributed by atoms with Gasteiger partial charge in [0.05, 0.1) is 41.1 Å². The Balaban J connectivity index is 2.09. The zero-order valence-corrected chi connectivity index (χ0v) is 15.8. The molecule has 0 saturated carbocycles. The number of benzene rings is 2. The number of nitrogens with one attached hydrogen (secondary N) is 1. The Bertz CT molecular complexity index is 936. The van der Waals surface area contributed by atoms with E-state index in [1.54, 1.807) is 53.7 Å². The second-order valence-electron chi connectivity index (χ2n) is 5.49. The van der Waals surface area contributed by atoms with Gasteiger partial charge in [0.2, 0.25) is 5.75 Å². The molecule has 2 aromatic carbocycles. The van der Waals surface area contributed by atoms with Gasteiger partial charge in [0.15, 0.2) is 23.0 Å². The van der Waals surface area contributed by atoms with Gasteiger partial charge in [0.1, 0.15) is 12.1 Å². The van der Waals surface area contributed by atoms with Gasteiger partial charge in [-0.15, -0.1) is 0 Å². The van der Waals surface area contributed by atoms with Crippen LogP contribution in [-0.2, 0) is 0 Å². The zero-order valence-electron chi connectivity index (χ0n) is 15.8. The van der Waals surface area contributed by atoms with Gasteiger partial charge in [-0.25, -0.2) is 9.97 Å². The average molecular weight is 371 g/mol. The lowest BCUT2D eigenvalue weighted by molar-refractivity contribution is 0.324. The number of hydrogen-bond acceptors (Lipinski definition) is 8. The van der Waals surface area contributed by atoms with Gasteiger partial charge in [-0.05, 0) is 6.07 Å². The molecule has 0 radical (unpaired) electrons. The molecule has 3 aromatic rings. The molecule has 0 spiro atoms. The standard InChI is InChI=1S/C19H21N3O5/c1-23-14-8-12-13(9-15(14)24-2)20-10-21-19(12)22-11-6-16(25-3)18(27-5)17(7-11)26-4/h6-10H,1-5H3,(H,20,21,22). The summed E-state index contributed by atoms with van der Waals surface area (Å²) in [5, 5.41) is 4.05. The highest BCUT2D eigenvalue weighted by molar-refractivity contribution is 5.93.